The van der Waals surface area contributed by atoms with Gasteiger partial charge in [-0.25, -0.2) is 0 Å². The number of ketones is 1. The SMILES string of the molecule is CCOC(=O)CSCCCC1C(=O)C=CC1O. The zero-order valence-corrected chi connectivity index (χ0v) is 10.7. The highest BCUT2D eigenvalue weighted by molar-refractivity contribution is 7.99. The van der Waals surface area contributed by atoms with Crippen LogP contribution in [0.25, 0.3) is 0 Å². The molecule has 0 heterocycles. The molecule has 0 aromatic rings. The number of aliphatic hydroxyl groups is 1. The maximum absolute atomic E-state index is 11.3. The van der Waals surface area contributed by atoms with Crippen molar-refractivity contribution in [1.82, 2.24) is 0 Å². The maximum Gasteiger partial charge on any atom is 0.315 e. The molecule has 0 fully saturated rings. The first kappa shape index (κ1) is 14.3. The molecular weight excluding hydrogens is 240 g/mol. The zero-order valence-electron chi connectivity index (χ0n) is 9.93. The molecule has 5 heteroatoms. The molecule has 0 saturated heterocycles. The van der Waals surface area contributed by atoms with E-state index in [1.807, 2.05) is 0 Å². The lowest BCUT2D eigenvalue weighted by Gasteiger charge is -2.12. The molecule has 2 unspecified atom stereocenters. The third-order valence-corrected chi connectivity index (χ3v) is 3.58. The lowest BCUT2D eigenvalue weighted by atomic mass is 9.98. The van der Waals surface area contributed by atoms with Gasteiger partial charge in [-0.05, 0) is 31.6 Å². The Bertz CT molecular complexity index is 301. The average Bonchev–Trinajstić information content (AvgIpc) is 2.60. The number of esters is 1. The van der Waals surface area contributed by atoms with Gasteiger partial charge in [0.05, 0.1) is 24.4 Å². The van der Waals surface area contributed by atoms with Crippen molar-refractivity contribution in [2.24, 2.45) is 5.92 Å². The molecule has 1 aliphatic rings. The Morgan fingerprint density at radius 1 is 1.59 bits per heavy atom. The topological polar surface area (TPSA) is 63.6 Å². The van der Waals surface area contributed by atoms with Gasteiger partial charge in [0, 0.05) is 0 Å². The highest BCUT2D eigenvalue weighted by Gasteiger charge is 2.27. The van der Waals surface area contributed by atoms with Crippen LogP contribution in [0.4, 0.5) is 0 Å². The van der Waals surface area contributed by atoms with E-state index in [0.717, 1.165) is 12.2 Å². The number of thioether (sulfide) groups is 1. The molecule has 17 heavy (non-hydrogen) atoms. The van der Waals surface area contributed by atoms with Crippen molar-refractivity contribution in [2.75, 3.05) is 18.1 Å². The number of hydrogen-bond acceptors (Lipinski definition) is 5. The van der Waals surface area contributed by atoms with E-state index >= 15 is 0 Å². The Labute approximate surface area is 105 Å². The summed E-state index contributed by atoms with van der Waals surface area (Å²) < 4.78 is 4.79. The predicted octanol–water partition coefficient (Wildman–Crippen LogP) is 1.18. The van der Waals surface area contributed by atoms with Crippen LogP contribution >= 0.6 is 11.8 Å². The molecule has 4 nitrogen and oxygen atoms in total. The van der Waals surface area contributed by atoms with Crippen molar-refractivity contribution in [2.45, 2.75) is 25.9 Å². The molecule has 2 atom stereocenters. The fraction of sp³-hybridized carbons (Fsp3) is 0.667. The summed E-state index contributed by atoms with van der Waals surface area (Å²) in [5.41, 5.74) is 0. The van der Waals surface area contributed by atoms with Crippen LogP contribution in [0.1, 0.15) is 19.8 Å². The van der Waals surface area contributed by atoms with Gasteiger partial charge in [0.15, 0.2) is 5.78 Å². The van der Waals surface area contributed by atoms with Crippen LogP contribution in [0, 0.1) is 5.92 Å². The molecule has 0 spiro atoms. The molecule has 0 aromatic heterocycles. The smallest absolute Gasteiger partial charge is 0.315 e. The molecule has 0 bridgehead atoms. The second-order valence-electron chi connectivity index (χ2n) is 3.86. The quantitative estimate of drug-likeness (QED) is 0.549. The van der Waals surface area contributed by atoms with E-state index in [9.17, 15) is 14.7 Å². The van der Waals surface area contributed by atoms with E-state index in [2.05, 4.69) is 0 Å². The summed E-state index contributed by atoms with van der Waals surface area (Å²) in [5, 5.41) is 9.49. The number of hydrogen-bond donors (Lipinski definition) is 1. The zero-order chi connectivity index (χ0) is 12.7. The van der Waals surface area contributed by atoms with Gasteiger partial charge in [0.2, 0.25) is 0 Å². The summed E-state index contributed by atoms with van der Waals surface area (Å²) >= 11 is 1.50. The van der Waals surface area contributed by atoms with Crippen molar-refractivity contribution in [1.29, 1.82) is 0 Å². The minimum atomic E-state index is -0.627. The van der Waals surface area contributed by atoms with Crippen LogP contribution in [0.15, 0.2) is 12.2 Å². The number of carbonyl (C=O) groups is 2. The van der Waals surface area contributed by atoms with Gasteiger partial charge in [-0.3, -0.25) is 9.59 Å². The third-order valence-electron chi connectivity index (χ3n) is 2.56. The normalized spacial score (nSPS) is 23.1. The highest BCUT2D eigenvalue weighted by atomic mass is 32.2. The van der Waals surface area contributed by atoms with E-state index < -0.39 is 6.10 Å². The fourth-order valence-electron chi connectivity index (χ4n) is 1.70. The first-order chi connectivity index (χ1) is 8.15. The molecule has 0 aliphatic heterocycles. The summed E-state index contributed by atoms with van der Waals surface area (Å²) in [5.74, 6) is 0.685. The summed E-state index contributed by atoms with van der Waals surface area (Å²) in [6.07, 6.45) is 3.85. The Morgan fingerprint density at radius 3 is 2.94 bits per heavy atom. The molecular formula is C12H18O4S. The minimum Gasteiger partial charge on any atom is -0.465 e. The molecule has 96 valence electrons. The number of rotatable bonds is 7. The van der Waals surface area contributed by atoms with E-state index in [1.165, 1.54) is 17.8 Å². The minimum absolute atomic E-state index is 0.00731. The van der Waals surface area contributed by atoms with Gasteiger partial charge < -0.3 is 9.84 Å². The highest BCUT2D eigenvalue weighted by Crippen LogP contribution is 2.21. The average molecular weight is 258 g/mol. The van der Waals surface area contributed by atoms with Crippen molar-refractivity contribution in [3.8, 4) is 0 Å². The molecule has 0 aromatic carbocycles. The molecule has 0 saturated carbocycles. The predicted molar refractivity (Wildman–Crippen MR) is 66.8 cm³/mol. The van der Waals surface area contributed by atoms with Crippen LogP contribution in [0.2, 0.25) is 0 Å². The van der Waals surface area contributed by atoms with Gasteiger partial charge in [-0.1, -0.05) is 6.08 Å². The first-order valence-electron chi connectivity index (χ1n) is 5.78. The first-order valence-corrected chi connectivity index (χ1v) is 6.94. The number of aliphatic hydroxyl groups excluding tert-OH is 1. The Hall–Kier alpha value is -0.810. The summed E-state index contributed by atoms with van der Waals surface area (Å²) in [6, 6.07) is 0. The van der Waals surface area contributed by atoms with Crippen molar-refractivity contribution < 1.29 is 19.4 Å². The Balaban J connectivity index is 2.05. The van der Waals surface area contributed by atoms with Crippen molar-refractivity contribution in [3.63, 3.8) is 0 Å². The second kappa shape index (κ2) is 7.50. The molecule has 0 radical (unpaired) electrons. The number of allylic oxidation sites excluding steroid dienone is 1. The van der Waals surface area contributed by atoms with Crippen LogP contribution in [0.3, 0.4) is 0 Å². The van der Waals surface area contributed by atoms with Crippen LogP contribution in [-0.2, 0) is 14.3 Å². The Morgan fingerprint density at radius 2 is 2.35 bits per heavy atom. The van der Waals surface area contributed by atoms with E-state index in [4.69, 9.17) is 4.74 Å². The van der Waals surface area contributed by atoms with Gasteiger partial charge in [0.25, 0.3) is 0 Å². The maximum atomic E-state index is 11.3. The number of ether oxygens (including phenoxy) is 1. The Kier molecular flexibility index (Phi) is 6.29. The standard InChI is InChI=1S/C12H18O4S/c1-2-16-12(15)8-17-7-3-4-9-10(13)5-6-11(9)14/h5-6,9-10,13H,2-4,7-8H2,1H3. The van der Waals surface area contributed by atoms with E-state index in [0.29, 0.717) is 18.8 Å². The van der Waals surface area contributed by atoms with Crippen LogP contribution in [0.5, 0.6) is 0 Å². The van der Waals surface area contributed by atoms with Gasteiger partial charge in [0.1, 0.15) is 0 Å². The number of carbonyl (C=O) groups excluding carboxylic acids is 2. The molecule has 1 N–H and O–H groups in total. The summed E-state index contributed by atoms with van der Waals surface area (Å²) in [7, 11) is 0. The summed E-state index contributed by atoms with van der Waals surface area (Å²) in [6.45, 7) is 2.19. The lowest BCUT2D eigenvalue weighted by Crippen LogP contribution is -2.20. The van der Waals surface area contributed by atoms with Crippen molar-refractivity contribution >= 4 is 23.5 Å². The largest absolute Gasteiger partial charge is 0.465 e. The summed E-state index contributed by atoms with van der Waals surface area (Å²) in [4.78, 5) is 22.3. The monoisotopic (exact) mass is 258 g/mol. The molecule has 0 amide bonds. The van der Waals surface area contributed by atoms with Crippen LogP contribution in [-0.4, -0.2) is 41.1 Å². The van der Waals surface area contributed by atoms with E-state index in [-0.39, 0.29) is 17.7 Å². The lowest BCUT2D eigenvalue weighted by molar-refractivity contribution is -0.139. The molecule has 1 rings (SSSR count). The molecule has 1 aliphatic carbocycles. The van der Waals surface area contributed by atoms with Gasteiger partial charge >= 0.3 is 5.97 Å². The second-order valence-corrected chi connectivity index (χ2v) is 4.96. The van der Waals surface area contributed by atoms with Gasteiger partial charge in [-0.15, -0.1) is 0 Å². The third kappa shape index (κ3) is 4.91. The van der Waals surface area contributed by atoms with E-state index in [1.54, 1.807) is 13.0 Å². The fourth-order valence-corrected chi connectivity index (χ4v) is 2.46. The van der Waals surface area contributed by atoms with Crippen molar-refractivity contribution in [3.05, 3.63) is 12.2 Å². The van der Waals surface area contributed by atoms with Gasteiger partial charge in [-0.2, -0.15) is 11.8 Å². The van der Waals surface area contributed by atoms with Crippen LogP contribution < -0.4 is 0 Å².